The van der Waals surface area contributed by atoms with Crippen LogP contribution in [0, 0.1) is 0 Å². The summed E-state index contributed by atoms with van der Waals surface area (Å²) >= 11 is 17.4. The number of carbonyl (C=O) groups is 1. The van der Waals surface area contributed by atoms with Crippen LogP contribution in [0.2, 0.25) is 15.1 Å². The number of benzene rings is 2. The predicted octanol–water partition coefficient (Wildman–Crippen LogP) is 5.27. The van der Waals surface area contributed by atoms with Gasteiger partial charge in [0.05, 0.1) is 0 Å². The largest absolute Gasteiger partial charge is 0.423 e. The van der Waals surface area contributed by atoms with Crippen LogP contribution in [-0.4, -0.2) is 5.97 Å². The van der Waals surface area contributed by atoms with Gasteiger partial charge < -0.3 is 4.74 Å². The minimum Gasteiger partial charge on any atom is -0.423 e. The molecular formula is C15H9Cl3O2. The van der Waals surface area contributed by atoms with Crippen LogP contribution in [-0.2, 0) is 4.79 Å². The van der Waals surface area contributed by atoms with Crippen LogP contribution >= 0.6 is 34.8 Å². The third-order valence-electron chi connectivity index (χ3n) is 2.34. The second-order valence-corrected chi connectivity index (χ2v) is 5.22. The molecule has 0 saturated heterocycles. The third-order valence-corrected chi connectivity index (χ3v) is 3.02. The molecule has 0 radical (unpaired) electrons. The molecule has 0 amide bonds. The van der Waals surface area contributed by atoms with E-state index in [4.69, 9.17) is 39.5 Å². The zero-order valence-corrected chi connectivity index (χ0v) is 12.4. The molecule has 0 aliphatic carbocycles. The van der Waals surface area contributed by atoms with Gasteiger partial charge in [-0.2, -0.15) is 0 Å². The Kier molecular flexibility index (Phi) is 5.07. The smallest absolute Gasteiger partial charge is 0.336 e. The van der Waals surface area contributed by atoms with Crippen LogP contribution in [0.25, 0.3) is 6.08 Å². The molecule has 0 saturated carbocycles. The SMILES string of the molecule is O=C(/C=C/c1ccc(Cl)cc1)Oc1cc(Cl)cc(Cl)c1. The number of ether oxygens (including phenoxy) is 1. The standard InChI is InChI=1S/C15H9Cl3O2/c16-11-4-1-10(2-5-11)3-6-15(19)20-14-8-12(17)7-13(18)9-14/h1-9H/b6-3+. The Bertz CT molecular complexity index is 628. The topological polar surface area (TPSA) is 26.3 Å². The fourth-order valence-electron chi connectivity index (χ4n) is 1.48. The molecule has 5 heteroatoms. The van der Waals surface area contributed by atoms with E-state index in [1.165, 1.54) is 18.2 Å². The van der Waals surface area contributed by atoms with Crippen LogP contribution in [0.15, 0.2) is 48.5 Å². The number of halogens is 3. The van der Waals surface area contributed by atoms with Crippen LogP contribution in [0.4, 0.5) is 0 Å². The van der Waals surface area contributed by atoms with E-state index in [9.17, 15) is 4.79 Å². The normalized spacial score (nSPS) is 10.8. The molecule has 2 nitrogen and oxygen atoms in total. The van der Waals surface area contributed by atoms with E-state index >= 15 is 0 Å². The molecule has 20 heavy (non-hydrogen) atoms. The Labute approximate surface area is 131 Å². The summed E-state index contributed by atoms with van der Waals surface area (Å²) in [6, 6.07) is 11.7. The van der Waals surface area contributed by atoms with Gasteiger partial charge in [-0.25, -0.2) is 4.79 Å². The van der Waals surface area contributed by atoms with Crippen molar-refractivity contribution in [1.29, 1.82) is 0 Å². The van der Waals surface area contributed by atoms with E-state index < -0.39 is 5.97 Å². The number of hydrogen-bond donors (Lipinski definition) is 0. The molecule has 0 spiro atoms. The van der Waals surface area contributed by atoms with Gasteiger partial charge in [0.2, 0.25) is 0 Å². The minimum atomic E-state index is -0.515. The molecule has 0 unspecified atom stereocenters. The minimum absolute atomic E-state index is 0.299. The summed E-state index contributed by atoms with van der Waals surface area (Å²) in [5, 5.41) is 1.45. The molecule has 0 aromatic heterocycles. The van der Waals surface area contributed by atoms with Crippen molar-refractivity contribution in [3.05, 3.63) is 69.2 Å². The lowest BCUT2D eigenvalue weighted by atomic mass is 10.2. The van der Waals surface area contributed by atoms with Crippen molar-refractivity contribution in [1.82, 2.24) is 0 Å². The van der Waals surface area contributed by atoms with Gasteiger partial charge in [0.15, 0.2) is 0 Å². The number of carbonyl (C=O) groups excluding carboxylic acids is 1. The van der Waals surface area contributed by atoms with Crippen molar-refractivity contribution in [3.63, 3.8) is 0 Å². The quantitative estimate of drug-likeness (QED) is 0.436. The van der Waals surface area contributed by atoms with E-state index in [0.29, 0.717) is 20.8 Å². The number of rotatable bonds is 3. The van der Waals surface area contributed by atoms with Gasteiger partial charge in [-0.15, -0.1) is 0 Å². The Hall–Kier alpha value is -1.48. The van der Waals surface area contributed by atoms with Crippen molar-refractivity contribution in [2.75, 3.05) is 0 Å². The third kappa shape index (κ3) is 4.57. The molecule has 2 aromatic rings. The van der Waals surface area contributed by atoms with Crippen LogP contribution in [0.3, 0.4) is 0 Å². The first kappa shape index (κ1) is 14.9. The molecule has 0 aliphatic rings. The first-order chi connectivity index (χ1) is 9.52. The number of hydrogen-bond acceptors (Lipinski definition) is 2. The van der Waals surface area contributed by atoms with Crippen molar-refractivity contribution in [2.24, 2.45) is 0 Å². The summed E-state index contributed by atoms with van der Waals surface area (Å²) in [6.45, 7) is 0. The van der Waals surface area contributed by atoms with Crippen LogP contribution < -0.4 is 4.74 Å². The van der Waals surface area contributed by atoms with E-state index in [-0.39, 0.29) is 0 Å². The van der Waals surface area contributed by atoms with Gasteiger partial charge in [-0.1, -0.05) is 46.9 Å². The zero-order chi connectivity index (χ0) is 14.5. The Morgan fingerprint density at radius 1 is 0.900 bits per heavy atom. The van der Waals surface area contributed by atoms with E-state index in [0.717, 1.165) is 5.56 Å². The first-order valence-corrected chi connectivity index (χ1v) is 6.78. The van der Waals surface area contributed by atoms with Gasteiger partial charge >= 0.3 is 5.97 Å². The van der Waals surface area contributed by atoms with E-state index in [1.807, 2.05) is 0 Å². The molecule has 0 N–H and O–H groups in total. The van der Waals surface area contributed by atoms with Crippen molar-refractivity contribution < 1.29 is 9.53 Å². The summed E-state index contributed by atoms with van der Waals surface area (Å²) in [4.78, 5) is 11.7. The Balaban J connectivity index is 2.03. The highest BCUT2D eigenvalue weighted by Crippen LogP contribution is 2.24. The fourth-order valence-corrected chi connectivity index (χ4v) is 2.11. The molecule has 2 aromatic carbocycles. The fraction of sp³-hybridized carbons (Fsp3) is 0. The molecule has 0 heterocycles. The lowest BCUT2D eigenvalue weighted by Crippen LogP contribution is -2.03. The van der Waals surface area contributed by atoms with Crippen LogP contribution in [0.5, 0.6) is 5.75 Å². The van der Waals surface area contributed by atoms with Gasteiger partial charge in [0, 0.05) is 21.1 Å². The summed E-state index contributed by atoms with van der Waals surface area (Å²) in [5.41, 5.74) is 0.843. The monoisotopic (exact) mass is 326 g/mol. The Morgan fingerprint density at radius 3 is 2.10 bits per heavy atom. The Morgan fingerprint density at radius 2 is 1.50 bits per heavy atom. The average Bonchev–Trinajstić information content (AvgIpc) is 2.37. The lowest BCUT2D eigenvalue weighted by molar-refractivity contribution is -0.128. The second kappa shape index (κ2) is 6.80. The van der Waals surface area contributed by atoms with Gasteiger partial charge in [0.1, 0.15) is 5.75 Å². The summed E-state index contributed by atoms with van der Waals surface area (Å²) in [6.07, 6.45) is 2.95. The number of esters is 1. The van der Waals surface area contributed by atoms with E-state index in [2.05, 4.69) is 0 Å². The second-order valence-electron chi connectivity index (χ2n) is 3.91. The summed E-state index contributed by atoms with van der Waals surface area (Å²) < 4.78 is 5.10. The predicted molar refractivity (Wildman–Crippen MR) is 82.6 cm³/mol. The van der Waals surface area contributed by atoms with Crippen molar-refractivity contribution in [3.8, 4) is 5.75 Å². The molecule has 102 valence electrons. The van der Waals surface area contributed by atoms with Gasteiger partial charge in [0.25, 0.3) is 0 Å². The molecular weight excluding hydrogens is 319 g/mol. The molecule has 0 bridgehead atoms. The average molecular weight is 328 g/mol. The van der Waals surface area contributed by atoms with Crippen LogP contribution in [0.1, 0.15) is 5.56 Å². The highest BCUT2D eigenvalue weighted by molar-refractivity contribution is 6.34. The molecule has 2 rings (SSSR count). The van der Waals surface area contributed by atoms with Gasteiger partial charge in [-0.05, 0) is 42.0 Å². The van der Waals surface area contributed by atoms with Gasteiger partial charge in [-0.3, -0.25) is 0 Å². The van der Waals surface area contributed by atoms with Crippen molar-refractivity contribution in [2.45, 2.75) is 0 Å². The maximum atomic E-state index is 11.7. The molecule has 0 atom stereocenters. The zero-order valence-electron chi connectivity index (χ0n) is 10.1. The maximum absolute atomic E-state index is 11.7. The highest BCUT2D eigenvalue weighted by atomic mass is 35.5. The molecule has 0 fully saturated rings. The first-order valence-electron chi connectivity index (χ1n) is 5.64. The van der Waals surface area contributed by atoms with Crippen molar-refractivity contribution >= 4 is 46.8 Å². The lowest BCUT2D eigenvalue weighted by Gasteiger charge is -2.02. The van der Waals surface area contributed by atoms with E-state index in [1.54, 1.807) is 36.4 Å². The maximum Gasteiger partial charge on any atom is 0.336 e. The molecule has 0 aliphatic heterocycles. The highest BCUT2D eigenvalue weighted by Gasteiger charge is 2.03. The summed E-state index contributed by atoms with van der Waals surface area (Å²) in [7, 11) is 0. The summed E-state index contributed by atoms with van der Waals surface area (Å²) in [5.74, 6) is -0.216.